The van der Waals surface area contributed by atoms with Crippen molar-refractivity contribution in [3.05, 3.63) is 60.0 Å². The molecule has 4 rings (SSSR count). The number of benzene rings is 2. The fourth-order valence-electron chi connectivity index (χ4n) is 3.45. The lowest BCUT2D eigenvalue weighted by atomic mass is 10.1. The molecule has 0 fully saturated rings. The number of aromatic nitrogens is 2. The number of hydrogen-bond donors (Lipinski definition) is 1. The quantitative estimate of drug-likeness (QED) is 0.588. The van der Waals surface area contributed by atoms with Gasteiger partial charge in [0.2, 0.25) is 17.7 Å². The summed E-state index contributed by atoms with van der Waals surface area (Å²) in [6, 6.07) is 14.7. The molecule has 0 spiro atoms. The summed E-state index contributed by atoms with van der Waals surface area (Å²) in [4.78, 5) is 26.8. The SMILES string of the molecule is COc1ccc(Cc2nnc(SCC(=O)N3c4ccccc4NC(=O)CC3C)o2)cc1. The summed E-state index contributed by atoms with van der Waals surface area (Å²) in [5.41, 5.74) is 2.34. The van der Waals surface area contributed by atoms with Gasteiger partial charge in [0, 0.05) is 12.5 Å². The summed E-state index contributed by atoms with van der Waals surface area (Å²) in [7, 11) is 1.62. The average molecular weight is 439 g/mol. The molecule has 1 atom stereocenters. The number of nitrogens with zero attached hydrogens (tertiary/aromatic N) is 3. The summed E-state index contributed by atoms with van der Waals surface area (Å²) in [5, 5.41) is 11.3. The predicted molar refractivity (Wildman–Crippen MR) is 117 cm³/mol. The first kappa shape index (κ1) is 20.9. The monoisotopic (exact) mass is 438 g/mol. The van der Waals surface area contributed by atoms with E-state index in [4.69, 9.17) is 9.15 Å². The van der Waals surface area contributed by atoms with Crippen LogP contribution in [-0.4, -0.2) is 40.9 Å². The third-order valence-corrected chi connectivity index (χ3v) is 5.71. The van der Waals surface area contributed by atoms with E-state index in [0.29, 0.717) is 28.9 Å². The van der Waals surface area contributed by atoms with Gasteiger partial charge < -0.3 is 19.4 Å². The van der Waals surface area contributed by atoms with Crippen molar-refractivity contribution in [1.82, 2.24) is 10.2 Å². The molecule has 0 saturated carbocycles. The second-order valence-corrected chi connectivity index (χ2v) is 8.08. The highest BCUT2D eigenvalue weighted by molar-refractivity contribution is 7.99. The Morgan fingerprint density at radius 3 is 2.77 bits per heavy atom. The van der Waals surface area contributed by atoms with Crippen LogP contribution >= 0.6 is 11.8 Å². The van der Waals surface area contributed by atoms with E-state index in [1.54, 1.807) is 18.1 Å². The Kier molecular flexibility index (Phi) is 6.22. The minimum atomic E-state index is -0.259. The molecule has 31 heavy (non-hydrogen) atoms. The molecule has 1 aliphatic rings. The van der Waals surface area contributed by atoms with Gasteiger partial charge in [-0.05, 0) is 36.8 Å². The maximum Gasteiger partial charge on any atom is 0.277 e. The van der Waals surface area contributed by atoms with E-state index < -0.39 is 0 Å². The molecular formula is C22H22N4O4S. The molecule has 0 saturated heterocycles. The number of rotatable bonds is 6. The molecule has 2 heterocycles. The van der Waals surface area contributed by atoms with Crippen molar-refractivity contribution < 1.29 is 18.7 Å². The van der Waals surface area contributed by atoms with Gasteiger partial charge in [-0.25, -0.2) is 0 Å². The van der Waals surface area contributed by atoms with Crippen LogP contribution in [0.1, 0.15) is 24.8 Å². The molecule has 0 bridgehead atoms. The topological polar surface area (TPSA) is 97.6 Å². The Balaban J connectivity index is 1.41. The molecule has 8 nitrogen and oxygen atoms in total. The van der Waals surface area contributed by atoms with Crippen LogP contribution in [0, 0.1) is 0 Å². The molecule has 160 valence electrons. The van der Waals surface area contributed by atoms with Gasteiger partial charge >= 0.3 is 0 Å². The standard InChI is InChI=1S/C22H22N4O4S/c1-14-11-19(27)23-17-5-3-4-6-18(17)26(14)21(28)13-31-22-25-24-20(30-22)12-15-7-9-16(29-2)10-8-15/h3-10,14H,11-13H2,1-2H3,(H,23,27). The lowest BCUT2D eigenvalue weighted by Gasteiger charge is -2.27. The van der Waals surface area contributed by atoms with Crippen LogP contribution in [0.15, 0.2) is 58.2 Å². The first-order valence-electron chi connectivity index (χ1n) is 9.82. The number of thioether (sulfide) groups is 1. The molecule has 1 N–H and O–H groups in total. The summed E-state index contributed by atoms with van der Waals surface area (Å²) in [5.74, 6) is 1.14. The largest absolute Gasteiger partial charge is 0.497 e. The van der Waals surface area contributed by atoms with Crippen LogP contribution in [-0.2, 0) is 16.0 Å². The van der Waals surface area contributed by atoms with Crippen LogP contribution in [0.4, 0.5) is 11.4 Å². The number of carbonyl (C=O) groups is 2. The van der Waals surface area contributed by atoms with Crippen molar-refractivity contribution in [2.75, 3.05) is 23.1 Å². The van der Waals surface area contributed by atoms with E-state index in [9.17, 15) is 9.59 Å². The molecule has 2 amide bonds. The molecule has 0 aliphatic carbocycles. The van der Waals surface area contributed by atoms with Gasteiger partial charge in [0.1, 0.15) is 5.75 Å². The van der Waals surface area contributed by atoms with E-state index in [1.165, 1.54) is 11.8 Å². The Hall–Kier alpha value is -3.33. The fourth-order valence-corrected chi connectivity index (χ4v) is 4.09. The van der Waals surface area contributed by atoms with Crippen molar-refractivity contribution >= 4 is 35.0 Å². The number of nitrogens with one attached hydrogen (secondary N) is 1. The van der Waals surface area contributed by atoms with Crippen molar-refractivity contribution in [3.8, 4) is 5.75 Å². The van der Waals surface area contributed by atoms with E-state index in [0.717, 1.165) is 11.3 Å². The van der Waals surface area contributed by atoms with Crippen LogP contribution in [0.2, 0.25) is 0 Å². The predicted octanol–water partition coefficient (Wildman–Crippen LogP) is 3.53. The maximum absolute atomic E-state index is 13.0. The normalized spacial score (nSPS) is 15.7. The zero-order valence-electron chi connectivity index (χ0n) is 17.2. The molecule has 3 aromatic rings. The number of carbonyl (C=O) groups excluding carboxylic acids is 2. The number of ether oxygens (including phenoxy) is 1. The van der Waals surface area contributed by atoms with Gasteiger partial charge in [-0.15, -0.1) is 10.2 Å². The van der Waals surface area contributed by atoms with E-state index in [1.807, 2.05) is 49.4 Å². The van der Waals surface area contributed by atoms with E-state index in [-0.39, 0.29) is 30.0 Å². The Bertz CT molecular complexity index is 1080. The summed E-state index contributed by atoms with van der Waals surface area (Å²) < 4.78 is 10.9. The summed E-state index contributed by atoms with van der Waals surface area (Å²) in [6.45, 7) is 1.86. The summed E-state index contributed by atoms with van der Waals surface area (Å²) >= 11 is 1.19. The third-order valence-electron chi connectivity index (χ3n) is 4.91. The molecular weight excluding hydrogens is 416 g/mol. The zero-order chi connectivity index (χ0) is 21.8. The zero-order valence-corrected chi connectivity index (χ0v) is 18.0. The Morgan fingerprint density at radius 1 is 1.23 bits per heavy atom. The fraction of sp³-hybridized carbons (Fsp3) is 0.273. The lowest BCUT2D eigenvalue weighted by Crippen LogP contribution is -2.40. The highest BCUT2D eigenvalue weighted by atomic mass is 32.2. The smallest absolute Gasteiger partial charge is 0.277 e. The number of hydrogen-bond acceptors (Lipinski definition) is 7. The van der Waals surface area contributed by atoms with E-state index >= 15 is 0 Å². The van der Waals surface area contributed by atoms with Gasteiger partial charge in [0.15, 0.2) is 0 Å². The first-order chi connectivity index (χ1) is 15.0. The maximum atomic E-state index is 13.0. The highest BCUT2D eigenvalue weighted by Gasteiger charge is 2.29. The number of para-hydroxylation sites is 2. The number of amides is 2. The first-order valence-corrected chi connectivity index (χ1v) is 10.8. The second kappa shape index (κ2) is 9.22. The minimum Gasteiger partial charge on any atom is -0.497 e. The number of anilines is 2. The van der Waals surface area contributed by atoms with Crippen LogP contribution in [0.5, 0.6) is 5.75 Å². The van der Waals surface area contributed by atoms with Gasteiger partial charge in [0.25, 0.3) is 5.22 Å². The lowest BCUT2D eigenvalue weighted by molar-refractivity contribution is -0.117. The van der Waals surface area contributed by atoms with Crippen LogP contribution < -0.4 is 15.0 Å². The molecule has 0 radical (unpaired) electrons. The van der Waals surface area contributed by atoms with Crippen molar-refractivity contribution in [1.29, 1.82) is 0 Å². The number of methoxy groups -OCH3 is 1. The minimum absolute atomic E-state index is 0.108. The Morgan fingerprint density at radius 2 is 2.00 bits per heavy atom. The average Bonchev–Trinajstić information content (AvgIpc) is 3.16. The van der Waals surface area contributed by atoms with Crippen molar-refractivity contribution in [2.24, 2.45) is 0 Å². The Labute approximate surface area is 184 Å². The van der Waals surface area contributed by atoms with Gasteiger partial charge in [-0.1, -0.05) is 36.0 Å². The summed E-state index contributed by atoms with van der Waals surface area (Å²) in [6.07, 6.45) is 0.730. The van der Waals surface area contributed by atoms with Gasteiger partial charge in [0.05, 0.1) is 30.7 Å². The molecule has 1 aliphatic heterocycles. The van der Waals surface area contributed by atoms with Crippen molar-refractivity contribution in [2.45, 2.75) is 31.0 Å². The van der Waals surface area contributed by atoms with E-state index in [2.05, 4.69) is 15.5 Å². The highest BCUT2D eigenvalue weighted by Crippen LogP contribution is 2.32. The van der Waals surface area contributed by atoms with Crippen LogP contribution in [0.25, 0.3) is 0 Å². The molecule has 9 heteroatoms. The third kappa shape index (κ3) is 4.88. The molecule has 1 aromatic heterocycles. The molecule has 2 aromatic carbocycles. The van der Waals surface area contributed by atoms with Crippen LogP contribution in [0.3, 0.4) is 0 Å². The van der Waals surface area contributed by atoms with Gasteiger partial charge in [-0.2, -0.15) is 0 Å². The van der Waals surface area contributed by atoms with Gasteiger partial charge in [-0.3, -0.25) is 9.59 Å². The second-order valence-electron chi connectivity index (χ2n) is 7.16. The van der Waals surface area contributed by atoms with Crippen molar-refractivity contribution in [3.63, 3.8) is 0 Å². The number of fused-ring (bicyclic) bond motifs is 1. The molecule has 1 unspecified atom stereocenters.